The third-order valence-corrected chi connectivity index (χ3v) is 7.66. The fourth-order valence-corrected chi connectivity index (χ4v) is 5.30. The molecule has 1 unspecified atom stereocenters. The van der Waals surface area contributed by atoms with Gasteiger partial charge < -0.3 is 10.2 Å². The maximum Gasteiger partial charge on any atom is 0.244 e. The molecule has 0 aliphatic heterocycles. The summed E-state index contributed by atoms with van der Waals surface area (Å²) >= 11 is 6.22. The maximum atomic E-state index is 14.0. The molecule has 3 rings (SSSR count). The van der Waals surface area contributed by atoms with Gasteiger partial charge >= 0.3 is 0 Å². The molecule has 0 fully saturated rings. The number of carbonyl (C=O) groups is 3. The largest absolute Gasteiger partial charge is 0.354 e. The smallest absolute Gasteiger partial charge is 0.244 e. The van der Waals surface area contributed by atoms with Crippen LogP contribution in [-0.2, 0) is 32.6 Å². The number of carbonyl (C=O) groups excluding carboxylic acids is 3. The topological polar surface area (TPSA) is 104 Å². The van der Waals surface area contributed by atoms with Gasteiger partial charge in [-0.05, 0) is 48.7 Å². The van der Waals surface area contributed by atoms with Crippen LogP contribution in [-0.4, -0.2) is 56.3 Å². The Balaban J connectivity index is 2.06. The first kappa shape index (κ1) is 30.8. The van der Waals surface area contributed by atoms with Gasteiger partial charge in [-0.15, -0.1) is 0 Å². The Morgan fingerprint density at radius 2 is 1.60 bits per heavy atom. The Morgan fingerprint density at radius 3 is 2.23 bits per heavy atom. The number of Topliss-reactive ketones (excluding diaryl/α,β-unsaturated/α-hetero) is 1. The lowest BCUT2D eigenvalue weighted by atomic mass is 10.0. The average Bonchev–Trinajstić information content (AvgIpc) is 2.92. The minimum absolute atomic E-state index is 0.0293. The van der Waals surface area contributed by atoms with E-state index in [1.807, 2.05) is 37.3 Å². The van der Waals surface area contributed by atoms with E-state index in [-0.39, 0.29) is 30.3 Å². The minimum atomic E-state index is -3.93. The summed E-state index contributed by atoms with van der Waals surface area (Å²) in [7, 11) is -3.93. The van der Waals surface area contributed by atoms with Gasteiger partial charge in [0.05, 0.1) is 11.9 Å². The lowest BCUT2D eigenvalue weighted by Crippen LogP contribution is -2.53. The molecule has 212 valence electrons. The number of amides is 2. The summed E-state index contributed by atoms with van der Waals surface area (Å²) in [6.07, 6.45) is 1.93. The summed E-state index contributed by atoms with van der Waals surface area (Å²) in [6.45, 7) is 3.21. The summed E-state index contributed by atoms with van der Waals surface area (Å²) in [6, 6.07) is 21.5. The van der Waals surface area contributed by atoms with E-state index in [2.05, 4.69) is 5.32 Å². The van der Waals surface area contributed by atoms with Crippen LogP contribution in [0.1, 0.15) is 41.8 Å². The molecule has 0 aromatic heterocycles. The van der Waals surface area contributed by atoms with Crippen LogP contribution < -0.4 is 9.62 Å². The fraction of sp³-hybridized carbons (Fsp3) is 0.300. The SMILES string of the molecule is CCCNC(=O)C(Cc1ccccc1)N(Cc1cccc(Cl)c1)C(=O)CN(c1cccc(C(C)=O)c1)S(C)(=O)=O. The Labute approximate surface area is 241 Å². The first-order valence-electron chi connectivity index (χ1n) is 12.9. The zero-order valence-electron chi connectivity index (χ0n) is 22.8. The number of hydrogen-bond donors (Lipinski definition) is 1. The van der Waals surface area contributed by atoms with Crippen molar-refractivity contribution in [2.75, 3.05) is 23.7 Å². The first-order valence-corrected chi connectivity index (χ1v) is 15.2. The van der Waals surface area contributed by atoms with Crippen molar-refractivity contribution < 1.29 is 22.8 Å². The summed E-state index contributed by atoms with van der Waals surface area (Å²) in [5, 5.41) is 3.36. The number of ketones is 1. The van der Waals surface area contributed by atoms with Gasteiger partial charge in [-0.1, -0.05) is 73.1 Å². The Morgan fingerprint density at radius 1 is 0.925 bits per heavy atom. The molecule has 0 radical (unpaired) electrons. The highest BCUT2D eigenvalue weighted by Crippen LogP contribution is 2.22. The predicted molar refractivity (Wildman–Crippen MR) is 158 cm³/mol. The number of nitrogens with zero attached hydrogens (tertiary/aromatic N) is 2. The molecule has 0 spiro atoms. The van der Waals surface area contributed by atoms with Crippen LogP contribution in [0, 0.1) is 0 Å². The highest BCUT2D eigenvalue weighted by molar-refractivity contribution is 7.92. The van der Waals surface area contributed by atoms with Crippen molar-refractivity contribution in [2.24, 2.45) is 0 Å². The van der Waals surface area contributed by atoms with Crippen LogP contribution in [0.3, 0.4) is 0 Å². The van der Waals surface area contributed by atoms with Crippen molar-refractivity contribution in [2.45, 2.75) is 39.3 Å². The Bertz CT molecular complexity index is 1450. The van der Waals surface area contributed by atoms with E-state index in [0.29, 0.717) is 29.1 Å². The second-order valence-corrected chi connectivity index (χ2v) is 11.9. The number of hydrogen-bond acceptors (Lipinski definition) is 5. The van der Waals surface area contributed by atoms with E-state index in [1.165, 1.54) is 24.0 Å². The number of sulfonamides is 1. The van der Waals surface area contributed by atoms with Gasteiger partial charge in [0.15, 0.2) is 5.78 Å². The molecule has 3 aromatic rings. The molecule has 0 aliphatic rings. The second kappa shape index (κ2) is 14.1. The van der Waals surface area contributed by atoms with Gasteiger partial charge in [0.1, 0.15) is 12.6 Å². The number of rotatable bonds is 13. The van der Waals surface area contributed by atoms with E-state index in [0.717, 1.165) is 16.1 Å². The van der Waals surface area contributed by atoms with Crippen LogP contribution in [0.15, 0.2) is 78.9 Å². The number of nitrogens with one attached hydrogen (secondary N) is 1. The third kappa shape index (κ3) is 8.66. The standard InChI is InChI=1S/C30H34ClN3O5S/c1-4-16-32-30(37)28(18-23-10-6-5-7-11-23)33(20-24-12-8-14-26(31)17-24)29(36)21-34(40(3,38)39)27-15-9-13-25(19-27)22(2)35/h5-15,17,19,28H,4,16,18,20-21H2,1-3H3,(H,32,37). The molecule has 0 saturated heterocycles. The molecule has 1 N–H and O–H groups in total. The predicted octanol–water partition coefficient (Wildman–Crippen LogP) is 4.47. The summed E-state index contributed by atoms with van der Waals surface area (Å²) in [5.74, 6) is -1.16. The third-order valence-electron chi connectivity index (χ3n) is 6.28. The van der Waals surface area contributed by atoms with E-state index in [4.69, 9.17) is 11.6 Å². The Kier molecular flexibility index (Phi) is 10.9. The molecule has 3 aromatic carbocycles. The summed E-state index contributed by atoms with van der Waals surface area (Å²) in [5.41, 5.74) is 2.03. The molecule has 8 nitrogen and oxygen atoms in total. The highest BCUT2D eigenvalue weighted by Gasteiger charge is 2.33. The molecule has 2 amide bonds. The zero-order chi connectivity index (χ0) is 29.3. The molecular formula is C30H34ClN3O5S. The van der Waals surface area contributed by atoms with Gasteiger partial charge in [-0.25, -0.2) is 8.42 Å². The Hall–Kier alpha value is -3.69. The van der Waals surface area contributed by atoms with Gasteiger partial charge in [0.25, 0.3) is 0 Å². The quantitative estimate of drug-likeness (QED) is 0.299. The average molecular weight is 584 g/mol. The van der Waals surface area contributed by atoms with Crippen molar-refractivity contribution in [1.29, 1.82) is 0 Å². The van der Waals surface area contributed by atoms with Gasteiger partial charge in [0, 0.05) is 30.1 Å². The van der Waals surface area contributed by atoms with E-state index < -0.39 is 28.5 Å². The summed E-state index contributed by atoms with van der Waals surface area (Å²) < 4.78 is 26.7. The van der Waals surface area contributed by atoms with Gasteiger partial charge in [-0.3, -0.25) is 18.7 Å². The second-order valence-electron chi connectivity index (χ2n) is 9.52. The normalized spacial score (nSPS) is 11.9. The van der Waals surface area contributed by atoms with Gasteiger partial charge in [0.2, 0.25) is 21.8 Å². The van der Waals surface area contributed by atoms with E-state index in [9.17, 15) is 22.8 Å². The van der Waals surface area contributed by atoms with Crippen LogP contribution in [0.4, 0.5) is 5.69 Å². The lowest BCUT2D eigenvalue weighted by molar-refractivity contribution is -0.140. The zero-order valence-corrected chi connectivity index (χ0v) is 24.4. The van der Waals surface area contributed by atoms with Crippen LogP contribution in [0.2, 0.25) is 5.02 Å². The maximum absolute atomic E-state index is 14.0. The molecule has 0 aliphatic carbocycles. The molecule has 0 bridgehead atoms. The molecule has 0 saturated carbocycles. The fourth-order valence-electron chi connectivity index (χ4n) is 4.25. The van der Waals surface area contributed by atoms with Crippen LogP contribution in [0.5, 0.6) is 0 Å². The monoisotopic (exact) mass is 583 g/mol. The highest BCUT2D eigenvalue weighted by atomic mass is 35.5. The number of anilines is 1. The van der Waals surface area contributed by atoms with Crippen molar-refractivity contribution in [3.8, 4) is 0 Å². The lowest BCUT2D eigenvalue weighted by Gasteiger charge is -2.33. The molecule has 40 heavy (non-hydrogen) atoms. The van der Waals surface area contributed by atoms with Crippen molar-refractivity contribution in [3.63, 3.8) is 0 Å². The van der Waals surface area contributed by atoms with E-state index in [1.54, 1.807) is 36.4 Å². The van der Waals surface area contributed by atoms with Crippen molar-refractivity contribution >= 4 is 44.9 Å². The molecule has 10 heteroatoms. The van der Waals surface area contributed by atoms with Crippen molar-refractivity contribution in [3.05, 3.63) is 101 Å². The number of benzene rings is 3. The van der Waals surface area contributed by atoms with Crippen LogP contribution in [0.25, 0.3) is 0 Å². The first-order chi connectivity index (χ1) is 19.0. The minimum Gasteiger partial charge on any atom is -0.354 e. The van der Waals surface area contributed by atoms with Gasteiger partial charge in [-0.2, -0.15) is 0 Å². The van der Waals surface area contributed by atoms with E-state index >= 15 is 0 Å². The van der Waals surface area contributed by atoms with Crippen LogP contribution >= 0.6 is 11.6 Å². The molecule has 0 heterocycles. The summed E-state index contributed by atoms with van der Waals surface area (Å²) in [4.78, 5) is 40.9. The molecule has 1 atom stereocenters. The molecular weight excluding hydrogens is 550 g/mol. The van der Waals surface area contributed by atoms with Crippen molar-refractivity contribution in [1.82, 2.24) is 10.2 Å². The number of halogens is 1.